The van der Waals surface area contributed by atoms with Gasteiger partial charge in [0.1, 0.15) is 0 Å². The Kier molecular flexibility index (Phi) is 9.09. The minimum absolute atomic E-state index is 0.00988. The maximum Gasteiger partial charge on any atom is 0.255 e. The number of ether oxygens (including phenoxy) is 1. The van der Waals surface area contributed by atoms with Gasteiger partial charge in [-0.3, -0.25) is 9.59 Å². The summed E-state index contributed by atoms with van der Waals surface area (Å²) in [6.07, 6.45) is 6.72. The standard InChI is InChI=1S/C28H40FN3O3P2/c1-17-7-8-20(13-17)15-30-25-14-26(33)32(21-9-11-35-12-10-21)16-23(25)27(34)31-19(3)22-5-4-6-24(18(22)2)28(29,36)37/h4-6,14,16-17,19-21,30H,7-13,15,36-37H2,1-3H3,(H,31,34)/t17-,19-,20-/m1/s1. The lowest BCUT2D eigenvalue weighted by molar-refractivity contribution is 0.0685. The van der Waals surface area contributed by atoms with Crippen LogP contribution < -0.4 is 16.2 Å². The number of hydrogen-bond donors (Lipinski definition) is 2. The molecule has 1 saturated carbocycles. The molecule has 2 aromatic rings. The number of pyridine rings is 1. The van der Waals surface area contributed by atoms with Gasteiger partial charge in [0.2, 0.25) is 0 Å². The van der Waals surface area contributed by atoms with E-state index < -0.39 is 5.15 Å². The number of alkyl halides is 1. The highest BCUT2D eigenvalue weighted by Gasteiger charge is 2.27. The van der Waals surface area contributed by atoms with Gasteiger partial charge in [0, 0.05) is 38.1 Å². The molecule has 1 aromatic heterocycles. The zero-order valence-electron chi connectivity index (χ0n) is 22.1. The molecule has 2 aliphatic rings. The van der Waals surface area contributed by atoms with Crippen LogP contribution in [0.4, 0.5) is 10.1 Å². The van der Waals surface area contributed by atoms with E-state index in [0.717, 1.165) is 43.4 Å². The van der Waals surface area contributed by atoms with Crippen molar-refractivity contribution in [1.82, 2.24) is 9.88 Å². The fourth-order valence-electron chi connectivity index (χ4n) is 5.78. The first-order valence-corrected chi connectivity index (χ1v) is 14.5. The van der Waals surface area contributed by atoms with Crippen molar-refractivity contribution in [3.8, 4) is 0 Å². The molecule has 1 aliphatic heterocycles. The third-order valence-electron chi connectivity index (χ3n) is 7.90. The number of carbonyl (C=O) groups is 1. The van der Waals surface area contributed by atoms with E-state index in [0.29, 0.717) is 41.9 Å². The van der Waals surface area contributed by atoms with Crippen LogP contribution >= 0.6 is 18.5 Å². The van der Waals surface area contributed by atoms with Crippen LogP contribution in [-0.2, 0) is 9.89 Å². The number of anilines is 1. The van der Waals surface area contributed by atoms with E-state index in [9.17, 15) is 14.0 Å². The fraction of sp³-hybridized carbons (Fsp3) is 0.571. The molecular formula is C28H40FN3O3P2. The maximum atomic E-state index is 14.7. The monoisotopic (exact) mass is 547 g/mol. The first kappa shape index (κ1) is 28.2. The Morgan fingerprint density at radius 1 is 1.24 bits per heavy atom. The second kappa shape index (κ2) is 11.9. The average molecular weight is 548 g/mol. The zero-order valence-corrected chi connectivity index (χ0v) is 24.4. The van der Waals surface area contributed by atoms with E-state index in [1.807, 2.05) is 26.0 Å². The summed E-state index contributed by atoms with van der Waals surface area (Å²) in [7, 11) is 4.41. The summed E-state index contributed by atoms with van der Waals surface area (Å²) in [4.78, 5) is 26.8. The maximum absolute atomic E-state index is 14.7. The van der Waals surface area contributed by atoms with Crippen LogP contribution in [0, 0.1) is 18.8 Å². The summed E-state index contributed by atoms with van der Waals surface area (Å²) in [5, 5.41) is 4.89. The molecule has 2 fully saturated rings. The first-order chi connectivity index (χ1) is 17.5. The number of nitrogens with zero attached hydrogens (tertiary/aromatic N) is 1. The predicted octanol–water partition coefficient (Wildman–Crippen LogP) is 5.68. The molecule has 2 heterocycles. The summed E-state index contributed by atoms with van der Waals surface area (Å²) in [5.41, 5.74) is 3.11. The summed E-state index contributed by atoms with van der Waals surface area (Å²) in [6, 6.07) is 6.70. The summed E-state index contributed by atoms with van der Waals surface area (Å²) >= 11 is 0. The molecule has 2 N–H and O–H groups in total. The molecule has 1 aliphatic carbocycles. The van der Waals surface area contributed by atoms with Crippen LogP contribution in [0.3, 0.4) is 0 Å². The largest absolute Gasteiger partial charge is 0.384 e. The number of amides is 1. The van der Waals surface area contributed by atoms with Crippen LogP contribution in [0.25, 0.3) is 0 Å². The minimum Gasteiger partial charge on any atom is -0.384 e. The lowest BCUT2D eigenvalue weighted by Gasteiger charge is -2.26. The van der Waals surface area contributed by atoms with Crippen LogP contribution in [0.15, 0.2) is 35.3 Å². The van der Waals surface area contributed by atoms with E-state index >= 15 is 0 Å². The SMILES string of the molecule is Cc1c([C@@H](C)NC(=O)c2cn(C3CCOCC3)c(=O)cc2NC[C@@H]2CC[C@@H](C)C2)cccc1C(F)(P)P. The van der Waals surface area contributed by atoms with E-state index in [1.54, 1.807) is 22.9 Å². The molecule has 5 atom stereocenters. The molecule has 2 unspecified atom stereocenters. The molecular weight excluding hydrogens is 507 g/mol. The highest BCUT2D eigenvalue weighted by atomic mass is 31.1. The van der Waals surface area contributed by atoms with Crippen LogP contribution in [0.2, 0.25) is 0 Å². The van der Waals surface area contributed by atoms with E-state index in [2.05, 4.69) is 36.0 Å². The van der Waals surface area contributed by atoms with Crippen LogP contribution in [0.1, 0.15) is 85.1 Å². The van der Waals surface area contributed by atoms with Crippen molar-refractivity contribution in [3.05, 3.63) is 63.1 Å². The van der Waals surface area contributed by atoms with Gasteiger partial charge in [-0.15, -0.1) is 0 Å². The average Bonchev–Trinajstić information content (AvgIpc) is 3.27. The van der Waals surface area contributed by atoms with Gasteiger partial charge >= 0.3 is 0 Å². The molecule has 0 radical (unpaired) electrons. The highest BCUT2D eigenvalue weighted by molar-refractivity contribution is 7.38. The Balaban J connectivity index is 1.61. The normalized spacial score (nSPS) is 21.6. The molecule has 1 saturated heterocycles. The Hall–Kier alpha value is -1.81. The van der Waals surface area contributed by atoms with Gasteiger partial charge < -0.3 is 19.9 Å². The predicted molar refractivity (Wildman–Crippen MR) is 154 cm³/mol. The molecule has 0 bridgehead atoms. The number of hydrogen-bond acceptors (Lipinski definition) is 4. The summed E-state index contributed by atoms with van der Waals surface area (Å²) in [5.74, 6) is 0.985. The van der Waals surface area contributed by atoms with Gasteiger partial charge in [0.05, 0.1) is 17.3 Å². The first-order valence-electron chi connectivity index (χ1n) is 13.3. The second-order valence-corrected chi connectivity index (χ2v) is 13.2. The second-order valence-electron chi connectivity index (χ2n) is 10.8. The van der Waals surface area contributed by atoms with E-state index in [4.69, 9.17) is 4.74 Å². The third-order valence-corrected chi connectivity index (χ3v) is 8.52. The van der Waals surface area contributed by atoms with Gasteiger partial charge in [0.15, 0.2) is 5.15 Å². The number of benzene rings is 1. The van der Waals surface area contributed by atoms with Crippen molar-refractivity contribution < 1.29 is 13.9 Å². The number of carbonyl (C=O) groups excluding carboxylic acids is 1. The quantitative estimate of drug-likeness (QED) is 0.418. The molecule has 6 nitrogen and oxygen atoms in total. The molecule has 37 heavy (non-hydrogen) atoms. The molecule has 202 valence electrons. The molecule has 4 rings (SSSR count). The van der Waals surface area contributed by atoms with Crippen molar-refractivity contribution in [2.24, 2.45) is 11.8 Å². The topological polar surface area (TPSA) is 72.4 Å². The van der Waals surface area contributed by atoms with Crippen molar-refractivity contribution >= 4 is 30.1 Å². The highest BCUT2D eigenvalue weighted by Crippen LogP contribution is 2.42. The Morgan fingerprint density at radius 3 is 2.62 bits per heavy atom. The van der Waals surface area contributed by atoms with Gasteiger partial charge in [-0.05, 0) is 68.1 Å². The van der Waals surface area contributed by atoms with Gasteiger partial charge in [-0.1, -0.05) is 50.0 Å². The van der Waals surface area contributed by atoms with Crippen molar-refractivity contribution in [2.75, 3.05) is 25.1 Å². The van der Waals surface area contributed by atoms with Crippen molar-refractivity contribution in [2.45, 2.75) is 70.1 Å². The Morgan fingerprint density at radius 2 is 1.97 bits per heavy atom. The number of rotatable bonds is 8. The minimum atomic E-state index is -1.64. The Labute approximate surface area is 223 Å². The van der Waals surface area contributed by atoms with E-state index in [-0.39, 0.29) is 23.6 Å². The lowest BCUT2D eigenvalue weighted by atomic mass is 9.97. The Bertz CT molecular complexity index is 1170. The number of aromatic nitrogens is 1. The van der Waals surface area contributed by atoms with Crippen molar-refractivity contribution in [3.63, 3.8) is 0 Å². The molecule has 9 heteroatoms. The molecule has 0 spiro atoms. The van der Waals surface area contributed by atoms with E-state index in [1.165, 1.54) is 6.42 Å². The molecule has 1 aromatic carbocycles. The number of nitrogens with one attached hydrogen (secondary N) is 2. The smallest absolute Gasteiger partial charge is 0.255 e. The van der Waals surface area contributed by atoms with Crippen LogP contribution in [-0.4, -0.2) is 30.2 Å². The summed E-state index contributed by atoms with van der Waals surface area (Å²) in [6.45, 7) is 7.99. The molecule has 1 amide bonds. The summed E-state index contributed by atoms with van der Waals surface area (Å²) < 4.78 is 21.9. The third kappa shape index (κ3) is 6.80. The van der Waals surface area contributed by atoms with Gasteiger partial charge in [-0.2, -0.15) is 0 Å². The van der Waals surface area contributed by atoms with Gasteiger partial charge in [0.25, 0.3) is 11.5 Å². The number of halogens is 1. The van der Waals surface area contributed by atoms with Crippen LogP contribution in [0.5, 0.6) is 0 Å². The van der Waals surface area contributed by atoms with Crippen molar-refractivity contribution in [1.29, 1.82) is 0 Å². The lowest BCUT2D eigenvalue weighted by Crippen LogP contribution is -2.33. The zero-order chi connectivity index (χ0) is 26.7. The van der Waals surface area contributed by atoms with Gasteiger partial charge in [-0.25, -0.2) is 4.39 Å². The fourth-order valence-corrected chi connectivity index (χ4v) is 6.40.